The number of nitrogens with one attached hydrogen (secondary N) is 1. The average Bonchev–Trinajstić information content (AvgIpc) is 3.96. The monoisotopic (exact) mass is 689 g/mol. The van der Waals surface area contributed by atoms with Gasteiger partial charge in [-0.2, -0.15) is 0 Å². The standard InChI is InChI=1S/C42H43NO8/c1-26(43-24-31(44)25-47-35-17-5-11-28-8-2-14-32(28)35)22-27-20-21-38-39(23-27)51-42(50-38,40(45)48-36-18-6-12-29-9-3-15-33(29)36)41(46)49-37-19-7-13-30-10-4-16-34(30)37/h5-7,11-13,17-21,23,26,31,43-44H,2-4,8-10,14-16,22,24-25H2,1H3. The molecule has 264 valence electrons. The van der Waals surface area contributed by atoms with E-state index in [1.54, 1.807) is 24.3 Å². The number of aliphatic hydroxyl groups excluding tert-OH is 1. The van der Waals surface area contributed by atoms with Gasteiger partial charge in [0.1, 0.15) is 30.0 Å². The summed E-state index contributed by atoms with van der Waals surface area (Å²) in [5, 5.41) is 14.1. The highest BCUT2D eigenvalue weighted by atomic mass is 16.8. The number of carbonyl (C=O) groups excluding carboxylic acids is 2. The Labute approximate surface area is 297 Å². The van der Waals surface area contributed by atoms with Crippen molar-refractivity contribution < 1.29 is 38.4 Å². The number of rotatable bonds is 12. The molecule has 0 radical (unpaired) electrons. The Bertz CT molecular complexity index is 1900. The van der Waals surface area contributed by atoms with Crippen molar-refractivity contribution in [2.45, 2.75) is 89.1 Å². The molecule has 0 fully saturated rings. The molecule has 4 aromatic carbocycles. The molecule has 4 aliphatic rings. The fourth-order valence-corrected chi connectivity index (χ4v) is 7.85. The van der Waals surface area contributed by atoms with Gasteiger partial charge in [-0.05, 0) is 140 Å². The topological polar surface area (TPSA) is 113 Å². The van der Waals surface area contributed by atoms with Crippen LogP contribution in [0, 0.1) is 0 Å². The number of hydrogen-bond acceptors (Lipinski definition) is 9. The van der Waals surface area contributed by atoms with E-state index in [-0.39, 0.29) is 24.1 Å². The van der Waals surface area contributed by atoms with Gasteiger partial charge in [0.2, 0.25) is 0 Å². The summed E-state index contributed by atoms with van der Waals surface area (Å²) >= 11 is 0. The third-order valence-electron chi connectivity index (χ3n) is 10.4. The van der Waals surface area contributed by atoms with Crippen LogP contribution in [0.25, 0.3) is 0 Å². The van der Waals surface area contributed by atoms with E-state index in [2.05, 4.69) is 11.4 Å². The number of benzene rings is 4. The Morgan fingerprint density at radius 2 is 1.25 bits per heavy atom. The summed E-state index contributed by atoms with van der Waals surface area (Å²) in [5.74, 6) is -2.34. The first-order valence-electron chi connectivity index (χ1n) is 18.2. The van der Waals surface area contributed by atoms with Gasteiger partial charge in [0.05, 0.1) is 0 Å². The van der Waals surface area contributed by atoms with Crippen LogP contribution in [0.2, 0.25) is 0 Å². The van der Waals surface area contributed by atoms with Gasteiger partial charge in [0.15, 0.2) is 11.5 Å². The Hall–Kier alpha value is -4.86. The minimum atomic E-state index is -2.49. The van der Waals surface area contributed by atoms with Gasteiger partial charge in [0.25, 0.3) is 0 Å². The second-order valence-electron chi connectivity index (χ2n) is 14.1. The zero-order valence-electron chi connectivity index (χ0n) is 28.9. The van der Waals surface area contributed by atoms with E-state index in [0.717, 1.165) is 91.4 Å². The maximum absolute atomic E-state index is 14.1. The summed E-state index contributed by atoms with van der Waals surface area (Å²) in [4.78, 5) is 28.1. The minimum Gasteiger partial charge on any atom is -0.491 e. The van der Waals surface area contributed by atoms with Crippen molar-refractivity contribution in [3.63, 3.8) is 0 Å². The lowest BCUT2D eigenvalue weighted by Gasteiger charge is -2.24. The number of hydrogen-bond donors (Lipinski definition) is 2. The van der Waals surface area contributed by atoms with E-state index in [1.165, 1.54) is 11.1 Å². The van der Waals surface area contributed by atoms with Crippen LogP contribution in [0.3, 0.4) is 0 Å². The van der Waals surface area contributed by atoms with Gasteiger partial charge in [-0.3, -0.25) is 0 Å². The quantitative estimate of drug-likeness (QED) is 0.108. The Balaban J connectivity index is 0.952. The Morgan fingerprint density at radius 1 is 0.725 bits per heavy atom. The van der Waals surface area contributed by atoms with E-state index in [1.807, 2.05) is 49.4 Å². The molecule has 2 atom stereocenters. The van der Waals surface area contributed by atoms with Gasteiger partial charge in [-0.15, -0.1) is 0 Å². The molecule has 0 saturated heterocycles. The van der Waals surface area contributed by atoms with Crippen LogP contribution in [0.4, 0.5) is 0 Å². The first-order chi connectivity index (χ1) is 24.9. The molecule has 9 nitrogen and oxygen atoms in total. The second kappa shape index (κ2) is 14.0. The normalized spacial score (nSPS) is 17.3. The molecule has 8 rings (SSSR count). The number of esters is 2. The van der Waals surface area contributed by atoms with Gasteiger partial charge < -0.3 is 34.1 Å². The van der Waals surface area contributed by atoms with E-state index in [4.69, 9.17) is 23.7 Å². The summed E-state index contributed by atoms with van der Waals surface area (Å²) in [7, 11) is 0. The predicted octanol–water partition coefficient (Wildman–Crippen LogP) is 5.79. The summed E-state index contributed by atoms with van der Waals surface area (Å²) in [5.41, 5.74) is 7.64. The molecule has 1 aliphatic heterocycles. The minimum absolute atomic E-state index is 0.0129. The fourth-order valence-electron chi connectivity index (χ4n) is 7.85. The summed E-state index contributed by atoms with van der Waals surface area (Å²) in [6, 6.07) is 22.7. The average molecular weight is 690 g/mol. The van der Waals surface area contributed by atoms with Gasteiger partial charge in [-0.1, -0.05) is 42.5 Å². The van der Waals surface area contributed by atoms with Crippen LogP contribution in [0.15, 0.2) is 72.8 Å². The number of fused-ring (bicyclic) bond motifs is 4. The summed E-state index contributed by atoms with van der Waals surface area (Å²) in [6.45, 7) is 2.58. The van der Waals surface area contributed by atoms with Crippen LogP contribution in [0.5, 0.6) is 28.7 Å². The van der Waals surface area contributed by atoms with Gasteiger partial charge >= 0.3 is 17.7 Å². The van der Waals surface area contributed by atoms with Crippen LogP contribution < -0.4 is 29.0 Å². The molecule has 0 amide bonds. The third kappa shape index (κ3) is 6.68. The highest BCUT2D eigenvalue weighted by Gasteiger charge is 2.60. The lowest BCUT2D eigenvalue weighted by Crippen LogP contribution is -2.58. The zero-order valence-corrected chi connectivity index (χ0v) is 28.9. The smallest absolute Gasteiger partial charge is 0.454 e. The van der Waals surface area contributed by atoms with Crippen molar-refractivity contribution in [2.24, 2.45) is 0 Å². The van der Waals surface area contributed by atoms with Crippen molar-refractivity contribution >= 4 is 11.9 Å². The second-order valence-corrected chi connectivity index (χ2v) is 14.1. The van der Waals surface area contributed by atoms with Crippen molar-refractivity contribution in [2.75, 3.05) is 13.2 Å². The van der Waals surface area contributed by atoms with E-state index < -0.39 is 23.8 Å². The molecule has 2 N–H and O–H groups in total. The molecule has 0 saturated carbocycles. The Kier molecular flexibility index (Phi) is 9.17. The molecule has 1 heterocycles. The van der Waals surface area contributed by atoms with Crippen molar-refractivity contribution in [1.29, 1.82) is 0 Å². The van der Waals surface area contributed by atoms with Gasteiger partial charge in [0, 0.05) is 12.6 Å². The molecule has 51 heavy (non-hydrogen) atoms. The maximum atomic E-state index is 14.1. The van der Waals surface area contributed by atoms with Crippen LogP contribution >= 0.6 is 0 Å². The van der Waals surface area contributed by atoms with Crippen LogP contribution in [-0.2, 0) is 54.5 Å². The van der Waals surface area contributed by atoms with E-state index in [9.17, 15) is 14.7 Å². The predicted molar refractivity (Wildman–Crippen MR) is 190 cm³/mol. The summed E-state index contributed by atoms with van der Waals surface area (Å²) < 4.78 is 30.1. The Morgan fingerprint density at radius 3 is 1.84 bits per heavy atom. The molecule has 9 heteroatoms. The molecular weight excluding hydrogens is 646 g/mol. The van der Waals surface area contributed by atoms with Crippen molar-refractivity contribution in [1.82, 2.24) is 5.32 Å². The molecule has 0 spiro atoms. The van der Waals surface area contributed by atoms with Crippen molar-refractivity contribution in [3.05, 3.63) is 112 Å². The van der Waals surface area contributed by atoms with E-state index >= 15 is 0 Å². The number of aliphatic hydroxyl groups is 1. The molecule has 3 aliphatic carbocycles. The fraction of sp³-hybridized carbons (Fsp3) is 0.381. The number of carbonyl (C=O) groups is 2. The molecule has 0 aromatic heterocycles. The van der Waals surface area contributed by atoms with Crippen LogP contribution in [0.1, 0.15) is 65.1 Å². The molecule has 2 unspecified atom stereocenters. The molecular formula is C42H43NO8. The number of ether oxygens (including phenoxy) is 5. The first kappa shape index (κ1) is 33.3. The SMILES string of the molecule is CC(Cc1ccc2c(c1)OC(C(=O)Oc1cccc3c1CCC3)(C(=O)Oc1cccc3c1CCC3)O2)NCC(O)COc1cccc2c1CCC2. The third-order valence-corrected chi connectivity index (χ3v) is 10.4. The zero-order chi connectivity index (χ0) is 35.0. The number of aryl methyl sites for hydroxylation is 3. The molecule has 0 bridgehead atoms. The lowest BCUT2D eigenvalue weighted by atomic mass is 10.1. The first-order valence-corrected chi connectivity index (χ1v) is 18.2. The van der Waals surface area contributed by atoms with Crippen molar-refractivity contribution in [3.8, 4) is 28.7 Å². The van der Waals surface area contributed by atoms with Gasteiger partial charge in [-0.25, -0.2) is 9.59 Å². The van der Waals surface area contributed by atoms with E-state index in [0.29, 0.717) is 24.5 Å². The lowest BCUT2D eigenvalue weighted by molar-refractivity contribution is -0.190. The highest BCUT2D eigenvalue weighted by Crippen LogP contribution is 2.43. The molecule has 4 aromatic rings. The maximum Gasteiger partial charge on any atom is 0.454 e. The van der Waals surface area contributed by atoms with Crippen LogP contribution in [-0.4, -0.2) is 48.1 Å². The summed E-state index contributed by atoms with van der Waals surface area (Å²) in [6.07, 6.45) is 8.43. The highest BCUT2D eigenvalue weighted by molar-refractivity contribution is 6.05. The largest absolute Gasteiger partial charge is 0.491 e.